The maximum atomic E-state index is 11.9. The summed E-state index contributed by atoms with van der Waals surface area (Å²) in [6.45, 7) is 3.85. The number of nitrogens with zero attached hydrogens (tertiary/aromatic N) is 2. The molecule has 0 fully saturated rings. The minimum absolute atomic E-state index is 0.115. The highest BCUT2D eigenvalue weighted by atomic mass is 35.5. The molecule has 1 heterocycles. The Morgan fingerprint density at radius 3 is 2.73 bits per heavy atom. The third-order valence-electron chi connectivity index (χ3n) is 2.23. The number of aromatic nitrogens is 1. The van der Waals surface area contributed by atoms with Gasteiger partial charge in [0.15, 0.2) is 0 Å². The van der Waals surface area contributed by atoms with E-state index in [4.69, 9.17) is 17.3 Å². The molecule has 5 heteroatoms. The Balaban J connectivity index is 3.05. The van der Waals surface area contributed by atoms with Gasteiger partial charge in [0, 0.05) is 13.1 Å². The number of carbonyl (C=O) groups is 1. The van der Waals surface area contributed by atoms with E-state index in [1.165, 1.54) is 12.3 Å². The minimum Gasteiger partial charge on any atom is -0.397 e. The maximum Gasteiger partial charge on any atom is 0.256 e. The molecule has 0 bridgehead atoms. The highest BCUT2D eigenvalue weighted by Gasteiger charge is 2.17. The van der Waals surface area contributed by atoms with Gasteiger partial charge in [-0.2, -0.15) is 0 Å². The zero-order chi connectivity index (χ0) is 11.6. The Labute approximate surface area is 94.0 Å². The van der Waals surface area contributed by atoms with Crippen LogP contribution in [0.4, 0.5) is 5.69 Å². The van der Waals surface area contributed by atoms with E-state index in [1.54, 1.807) is 11.9 Å². The molecule has 1 rings (SSSR count). The topological polar surface area (TPSA) is 59.2 Å². The van der Waals surface area contributed by atoms with Gasteiger partial charge in [-0.25, -0.2) is 4.98 Å². The highest BCUT2D eigenvalue weighted by molar-refractivity contribution is 6.29. The average Bonchev–Trinajstić information content (AvgIpc) is 2.19. The van der Waals surface area contributed by atoms with Crippen LogP contribution in [0, 0.1) is 0 Å². The van der Waals surface area contributed by atoms with Crippen LogP contribution in [0.2, 0.25) is 5.15 Å². The van der Waals surface area contributed by atoms with Gasteiger partial charge in [-0.05, 0) is 19.9 Å². The fraction of sp³-hybridized carbons (Fsp3) is 0.400. The van der Waals surface area contributed by atoms with E-state index in [-0.39, 0.29) is 17.1 Å². The van der Waals surface area contributed by atoms with Crippen LogP contribution in [0.1, 0.15) is 24.2 Å². The first kappa shape index (κ1) is 11.8. The molecule has 0 unspecified atom stereocenters. The Kier molecular flexibility index (Phi) is 3.52. The molecule has 0 aliphatic carbocycles. The van der Waals surface area contributed by atoms with Crippen molar-refractivity contribution in [2.24, 2.45) is 0 Å². The van der Waals surface area contributed by atoms with Crippen molar-refractivity contribution < 1.29 is 4.79 Å². The number of anilines is 1. The molecular weight excluding hydrogens is 214 g/mol. The van der Waals surface area contributed by atoms with Crippen LogP contribution < -0.4 is 5.73 Å². The smallest absolute Gasteiger partial charge is 0.256 e. The summed E-state index contributed by atoms with van der Waals surface area (Å²) in [6.07, 6.45) is 1.39. The van der Waals surface area contributed by atoms with Crippen molar-refractivity contribution in [2.45, 2.75) is 19.9 Å². The van der Waals surface area contributed by atoms with E-state index in [1.807, 2.05) is 13.8 Å². The van der Waals surface area contributed by atoms with E-state index in [9.17, 15) is 4.79 Å². The molecule has 0 atom stereocenters. The third kappa shape index (κ3) is 2.59. The molecule has 1 amide bonds. The Morgan fingerprint density at radius 2 is 2.20 bits per heavy atom. The number of amides is 1. The Bertz CT molecular complexity index is 379. The molecule has 1 aromatic heterocycles. The van der Waals surface area contributed by atoms with Crippen molar-refractivity contribution in [1.82, 2.24) is 9.88 Å². The fourth-order valence-corrected chi connectivity index (χ4v) is 1.21. The molecule has 0 saturated carbocycles. The molecule has 1 aromatic rings. The van der Waals surface area contributed by atoms with Crippen molar-refractivity contribution >= 4 is 23.2 Å². The van der Waals surface area contributed by atoms with Gasteiger partial charge in [0.25, 0.3) is 5.91 Å². The van der Waals surface area contributed by atoms with Gasteiger partial charge in [0.2, 0.25) is 0 Å². The van der Waals surface area contributed by atoms with E-state index in [0.717, 1.165) is 0 Å². The first-order valence-electron chi connectivity index (χ1n) is 4.61. The van der Waals surface area contributed by atoms with Crippen molar-refractivity contribution in [3.05, 3.63) is 23.0 Å². The molecule has 82 valence electrons. The number of rotatable bonds is 2. The van der Waals surface area contributed by atoms with Crippen LogP contribution in [0.25, 0.3) is 0 Å². The van der Waals surface area contributed by atoms with Gasteiger partial charge in [-0.15, -0.1) is 0 Å². The number of carbonyl (C=O) groups excluding carboxylic acids is 1. The predicted molar refractivity (Wildman–Crippen MR) is 60.9 cm³/mol. The molecule has 0 radical (unpaired) electrons. The predicted octanol–water partition coefficient (Wildman–Crippen LogP) is 1.80. The van der Waals surface area contributed by atoms with Crippen molar-refractivity contribution in [2.75, 3.05) is 12.8 Å². The molecule has 15 heavy (non-hydrogen) atoms. The maximum absolute atomic E-state index is 11.9. The Morgan fingerprint density at radius 1 is 1.60 bits per heavy atom. The van der Waals surface area contributed by atoms with Crippen LogP contribution >= 0.6 is 11.6 Å². The SMILES string of the molecule is CC(C)N(C)C(=O)c1cc(Cl)ncc1N. The molecule has 0 spiro atoms. The molecule has 4 nitrogen and oxygen atoms in total. The van der Waals surface area contributed by atoms with Gasteiger partial charge in [0.1, 0.15) is 5.15 Å². The van der Waals surface area contributed by atoms with Crippen molar-refractivity contribution in [3.63, 3.8) is 0 Å². The van der Waals surface area contributed by atoms with E-state index < -0.39 is 0 Å². The first-order chi connectivity index (χ1) is 6.93. The summed E-state index contributed by atoms with van der Waals surface area (Å²) in [5.74, 6) is -0.146. The van der Waals surface area contributed by atoms with Crippen molar-refractivity contribution in [1.29, 1.82) is 0 Å². The normalized spacial score (nSPS) is 10.5. The van der Waals surface area contributed by atoms with Crippen LogP contribution in [-0.4, -0.2) is 28.9 Å². The van der Waals surface area contributed by atoms with Crippen LogP contribution in [0.5, 0.6) is 0 Å². The monoisotopic (exact) mass is 227 g/mol. The zero-order valence-corrected chi connectivity index (χ0v) is 9.75. The summed E-state index contributed by atoms with van der Waals surface area (Å²) in [4.78, 5) is 17.3. The van der Waals surface area contributed by atoms with Gasteiger partial charge in [0.05, 0.1) is 17.4 Å². The summed E-state index contributed by atoms with van der Waals surface area (Å²) in [7, 11) is 1.72. The second kappa shape index (κ2) is 4.49. The third-order valence-corrected chi connectivity index (χ3v) is 2.43. The lowest BCUT2D eigenvalue weighted by Crippen LogP contribution is -2.33. The summed E-state index contributed by atoms with van der Waals surface area (Å²) in [5, 5.41) is 0.268. The standard InChI is InChI=1S/C10H14ClN3O/c1-6(2)14(3)10(15)7-4-9(11)13-5-8(7)12/h4-6H,12H2,1-3H3. The van der Waals surface area contributed by atoms with Crippen LogP contribution in [0.3, 0.4) is 0 Å². The molecule has 0 aliphatic heterocycles. The first-order valence-corrected chi connectivity index (χ1v) is 4.99. The second-order valence-electron chi connectivity index (χ2n) is 3.60. The summed E-state index contributed by atoms with van der Waals surface area (Å²) < 4.78 is 0. The van der Waals surface area contributed by atoms with Gasteiger partial charge < -0.3 is 10.6 Å². The molecule has 0 aromatic carbocycles. The lowest BCUT2D eigenvalue weighted by atomic mass is 10.2. The number of nitrogens with two attached hydrogens (primary N) is 1. The fourth-order valence-electron chi connectivity index (χ4n) is 1.05. The van der Waals surface area contributed by atoms with Crippen molar-refractivity contribution in [3.8, 4) is 0 Å². The number of pyridine rings is 1. The number of hydrogen-bond acceptors (Lipinski definition) is 3. The van der Waals surface area contributed by atoms with E-state index in [2.05, 4.69) is 4.98 Å². The van der Waals surface area contributed by atoms with E-state index in [0.29, 0.717) is 11.3 Å². The average molecular weight is 228 g/mol. The van der Waals surface area contributed by atoms with Gasteiger partial charge >= 0.3 is 0 Å². The summed E-state index contributed by atoms with van der Waals surface area (Å²) in [6, 6.07) is 1.60. The molecular formula is C10H14ClN3O. The number of hydrogen-bond donors (Lipinski definition) is 1. The lowest BCUT2D eigenvalue weighted by molar-refractivity contribution is 0.0756. The summed E-state index contributed by atoms with van der Waals surface area (Å²) in [5.41, 5.74) is 6.40. The van der Waals surface area contributed by atoms with Crippen LogP contribution in [0.15, 0.2) is 12.3 Å². The highest BCUT2D eigenvalue weighted by Crippen LogP contribution is 2.17. The number of nitrogen functional groups attached to an aromatic ring is 1. The minimum atomic E-state index is -0.146. The molecule has 0 aliphatic rings. The lowest BCUT2D eigenvalue weighted by Gasteiger charge is -2.22. The Hall–Kier alpha value is -1.29. The largest absolute Gasteiger partial charge is 0.397 e. The second-order valence-corrected chi connectivity index (χ2v) is 3.99. The van der Waals surface area contributed by atoms with Gasteiger partial charge in [-0.1, -0.05) is 11.6 Å². The quantitative estimate of drug-likeness (QED) is 0.784. The zero-order valence-electron chi connectivity index (χ0n) is 8.99. The molecule has 0 saturated heterocycles. The van der Waals surface area contributed by atoms with Gasteiger partial charge in [-0.3, -0.25) is 4.79 Å². The van der Waals surface area contributed by atoms with Crippen LogP contribution in [-0.2, 0) is 0 Å². The molecule has 2 N–H and O–H groups in total. The summed E-state index contributed by atoms with van der Waals surface area (Å²) >= 11 is 5.71. The van der Waals surface area contributed by atoms with E-state index >= 15 is 0 Å². The number of halogens is 1.